The third-order valence-corrected chi connectivity index (χ3v) is 6.85. The standard InChI is InChI=1S/C22H26N4O2/c27-20-19(25-10-4-1-5-11-25)17-6-2-3-7-18(17)22(20)8-12-26(13-9-22)21(28)16-14-23-24-15-16/h1-4,6-7,14-15,19-20,27H,5,8-13H2,(H,23,24)/t19-,20+/m1/s1. The number of aromatic amines is 1. The molecule has 2 aliphatic heterocycles. The highest BCUT2D eigenvalue weighted by molar-refractivity contribution is 5.93. The van der Waals surface area contributed by atoms with E-state index in [9.17, 15) is 9.90 Å². The summed E-state index contributed by atoms with van der Waals surface area (Å²) in [5, 5.41) is 18.2. The number of nitrogens with one attached hydrogen (secondary N) is 1. The van der Waals surface area contributed by atoms with Crippen molar-refractivity contribution in [2.24, 2.45) is 0 Å². The Kier molecular flexibility index (Phi) is 4.33. The van der Waals surface area contributed by atoms with E-state index in [1.54, 1.807) is 12.4 Å². The van der Waals surface area contributed by atoms with E-state index < -0.39 is 6.10 Å². The summed E-state index contributed by atoms with van der Waals surface area (Å²) in [6.45, 7) is 3.18. The molecular formula is C22H26N4O2. The number of hydrogen-bond donors (Lipinski definition) is 2. The van der Waals surface area contributed by atoms with E-state index in [-0.39, 0.29) is 17.4 Å². The zero-order chi connectivity index (χ0) is 19.1. The van der Waals surface area contributed by atoms with Crippen LogP contribution in [-0.4, -0.2) is 63.3 Å². The van der Waals surface area contributed by atoms with E-state index >= 15 is 0 Å². The van der Waals surface area contributed by atoms with Gasteiger partial charge in [0.05, 0.1) is 23.9 Å². The van der Waals surface area contributed by atoms with Crippen LogP contribution in [0.3, 0.4) is 0 Å². The highest BCUT2D eigenvalue weighted by atomic mass is 16.3. The van der Waals surface area contributed by atoms with E-state index in [0.717, 1.165) is 32.4 Å². The molecule has 0 saturated carbocycles. The molecule has 1 aromatic heterocycles. The number of carbonyl (C=O) groups is 1. The lowest BCUT2D eigenvalue weighted by atomic mass is 9.72. The molecule has 6 nitrogen and oxygen atoms in total. The average molecular weight is 378 g/mol. The number of hydrogen-bond acceptors (Lipinski definition) is 4. The number of benzene rings is 1. The zero-order valence-corrected chi connectivity index (χ0v) is 15.9. The number of aromatic nitrogens is 2. The number of H-pyrrole nitrogens is 1. The molecule has 0 radical (unpaired) electrons. The molecule has 2 N–H and O–H groups in total. The first-order chi connectivity index (χ1) is 13.7. The lowest BCUT2D eigenvalue weighted by molar-refractivity contribution is -0.0114. The van der Waals surface area contributed by atoms with Crippen LogP contribution in [-0.2, 0) is 5.41 Å². The van der Waals surface area contributed by atoms with Gasteiger partial charge in [-0.2, -0.15) is 5.10 Å². The fourth-order valence-electron chi connectivity index (χ4n) is 5.37. The Balaban J connectivity index is 1.42. The van der Waals surface area contributed by atoms with Gasteiger partial charge in [0.25, 0.3) is 5.91 Å². The Bertz CT molecular complexity index is 884. The van der Waals surface area contributed by atoms with Crippen LogP contribution < -0.4 is 0 Å². The van der Waals surface area contributed by atoms with Crippen molar-refractivity contribution in [3.8, 4) is 0 Å². The molecule has 1 aliphatic carbocycles. The molecule has 28 heavy (non-hydrogen) atoms. The maximum Gasteiger partial charge on any atom is 0.257 e. The summed E-state index contributed by atoms with van der Waals surface area (Å²) in [6.07, 6.45) is 9.81. The van der Waals surface area contributed by atoms with Gasteiger partial charge in [0.1, 0.15) is 0 Å². The fraction of sp³-hybridized carbons (Fsp3) is 0.455. The molecule has 2 aromatic rings. The molecule has 3 heterocycles. The Hall–Kier alpha value is -2.44. The molecule has 5 rings (SSSR count). The van der Waals surface area contributed by atoms with Gasteiger partial charge in [0.15, 0.2) is 0 Å². The van der Waals surface area contributed by atoms with Crippen molar-refractivity contribution in [1.82, 2.24) is 20.0 Å². The summed E-state index contributed by atoms with van der Waals surface area (Å²) in [5.74, 6) is 0.0158. The van der Waals surface area contributed by atoms with E-state index in [2.05, 4.69) is 51.5 Å². The minimum atomic E-state index is -0.442. The summed E-state index contributed by atoms with van der Waals surface area (Å²) in [6, 6.07) is 8.56. The van der Waals surface area contributed by atoms with Gasteiger partial charge in [-0.05, 0) is 30.4 Å². The van der Waals surface area contributed by atoms with Crippen LogP contribution >= 0.6 is 0 Å². The summed E-state index contributed by atoms with van der Waals surface area (Å²) in [4.78, 5) is 17.0. The molecule has 6 heteroatoms. The van der Waals surface area contributed by atoms with Gasteiger partial charge in [-0.25, -0.2) is 0 Å². The number of likely N-dealkylation sites (tertiary alicyclic amines) is 1. The molecule has 1 spiro atoms. The zero-order valence-electron chi connectivity index (χ0n) is 15.9. The summed E-state index contributed by atoms with van der Waals surface area (Å²) < 4.78 is 0. The first kappa shape index (κ1) is 17.6. The van der Waals surface area contributed by atoms with E-state index in [4.69, 9.17) is 0 Å². The van der Waals surface area contributed by atoms with Crippen LogP contribution in [0.4, 0.5) is 0 Å². The van der Waals surface area contributed by atoms with Crippen LogP contribution in [0.25, 0.3) is 0 Å². The number of fused-ring (bicyclic) bond motifs is 2. The second-order valence-corrected chi connectivity index (χ2v) is 8.17. The molecule has 1 amide bonds. The Morgan fingerprint density at radius 1 is 1.18 bits per heavy atom. The molecule has 2 atom stereocenters. The van der Waals surface area contributed by atoms with Gasteiger partial charge in [-0.3, -0.25) is 14.8 Å². The number of aliphatic hydroxyl groups is 1. The van der Waals surface area contributed by atoms with Crippen molar-refractivity contribution in [2.45, 2.75) is 36.8 Å². The highest BCUT2D eigenvalue weighted by Crippen LogP contribution is 2.53. The van der Waals surface area contributed by atoms with Crippen LogP contribution in [0.1, 0.15) is 46.8 Å². The maximum atomic E-state index is 12.7. The molecular weight excluding hydrogens is 352 g/mol. The summed E-state index contributed by atoms with van der Waals surface area (Å²) >= 11 is 0. The van der Waals surface area contributed by atoms with Crippen molar-refractivity contribution in [3.05, 3.63) is 65.5 Å². The largest absolute Gasteiger partial charge is 0.390 e. The van der Waals surface area contributed by atoms with E-state index in [1.165, 1.54) is 11.1 Å². The third kappa shape index (κ3) is 2.63. The quantitative estimate of drug-likeness (QED) is 0.787. The number of rotatable bonds is 2. The molecule has 146 valence electrons. The van der Waals surface area contributed by atoms with Crippen molar-refractivity contribution < 1.29 is 9.90 Å². The SMILES string of the molecule is O=C(c1cn[nH]c1)N1CCC2(CC1)c1ccccc1[C@@H](N1CC=CCC1)[C@@H]2O. The fourth-order valence-corrected chi connectivity index (χ4v) is 5.37. The van der Waals surface area contributed by atoms with Crippen molar-refractivity contribution >= 4 is 5.91 Å². The molecule has 1 aromatic carbocycles. The van der Waals surface area contributed by atoms with Crippen LogP contribution in [0, 0.1) is 0 Å². The normalized spacial score (nSPS) is 26.5. The minimum absolute atomic E-state index is 0.0158. The number of piperidine rings is 1. The van der Waals surface area contributed by atoms with Crippen molar-refractivity contribution in [3.63, 3.8) is 0 Å². The molecule has 0 bridgehead atoms. The number of nitrogens with zero attached hydrogens (tertiary/aromatic N) is 3. The predicted molar refractivity (Wildman–Crippen MR) is 106 cm³/mol. The Morgan fingerprint density at radius 3 is 2.71 bits per heavy atom. The molecule has 0 unspecified atom stereocenters. The minimum Gasteiger partial charge on any atom is -0.390 e. The second kappa shape index (κ2) is 6.87. The summed E-state index contributed by atoms with van der Waals surface area (Å²) in [7, 11) is 0. The first-order valence-electron chi connectivity index (χ1n) is 10.2. The lowest BCUT2D eigenvalue weighted by Crippen LogP contribution is -2.51. The van der Waals surface area contributed by atoms with Crippen molar-refractivity contribution in [1.29, 1.82) is 0 Å². The predicted octanol–water partition coefficient (Wildman–Crippen LogP) is 2.26. The monoisotopic (exact) mass is 378 g/mol. The molecule has 1 fully saturated rings. The second-order valence-electron chi connectivity index (χ2n) is 8.17. The first-order valence-corrected chi connectivity index (χ1v) is 10.2. The number of carbonyl (C=O) groups excluding carboxylic acids is 1. The number of aliphatic hydroxyl groups excluding tert-OH is 1. The summed E-state index contributed by atoms with van der Waals surface area (Å²) in [5.41, 5.74) is 2.87. The lowest BCUT2D eigenvalue weighted by Gasteiger charge is -2.44. The Morgan fingerprint density at radius 2 is 2.00 bits per heavy atom. The van der Waals surface area contributed by atoms with Gasteiger partial charge in [-0.1, -0.05) is 36.4 Å². The van der Waals surface area contributed by atoms with Gasteiger partial charge in [0, 0.05) is 37.8 Å². The van der Waals surface area contributed by atoms with Crippen LogP contribution in [0.2, 0.25) is 0 Å². The molecule has 1 saturated heterocycles. The third-order valence-electron chi connectivity index (χ3n) is 6.85. The average Bonchev–Trinajstić information content (AvgIpc) is 3.36. The highest BCUT2D eigenvalue weighted by Gasteiger charge is 2.54. The Labute approximate surface area is 164 Å². The number of amides is 1. The topological polar surface area (TPSA) is 72.5 Å². The van der Waals surface area contributed by atoms with Crippen LogP contribution in [0.15, 0.2) is 48.8 Å². The van der Waals surface area contributed by atoms with Gasteiger partial charge >= 0.3 is 0 Å². The van der Waals surface area contributed by atoms with E-state index in [1.807, 2.05) is 4.90 Å². The van der Waals surface area contributed by atoms with Gasteiger partial charge in [0.2, 0.25) is 0 Å². The van der Waals surface area contributed by atoms with Gasteiger partial charge in [-0.15, -0.1) is 0 Å². The van der Waals surface area contributed by atoms with Crippen LogP contribution in [0.5, 0.6) is 0 Å². The smallest absolute Gasteiger partial charge is 0.257 e. The van der Waals surface area contributed by atoms with E-state index in [0.29, 0.717) is 18.7 Å². The molecule has 3 aliphatic rings. The van der Waals surface area contributed by atoms with Crippen molar-refractivity contribution in [2.75, 3.05) is 26.2 Å². The van der Waals surface area contributed by atoms with Gasteiger partial charge < -0.3 is 10.0 Å². The maximum absolute atomic E-state index is 12.7.